The lowest BCUT2D eigenvalue weighted by atomic mass is 10.1. The van der Waals surface area contributed by atoms with Crippen molar-refractivity contribution >= 4 is 5.91 Å². The zero-order chi connectivity index (χ0) is 11.6. The fraction of sp³-hybridized carbons (Fsp3) is 0.222. The van der Waals surface area contributed by atoms with E-state index in [1.807, 2.05) is 0 Å². The molecule has 82 valence electrons. The molecule has 1 N–H and O–H groups in total. The highest BCUT2D eigenvalue weighted by atomic mass is 19.4. The van der Waals surface area contributed by atoms with E-state index >= 15 is 0 Å². The normalized spacial score (nSPS) is 11.3. The van der Waals surface area contributed by atoms with Crippen LogP contribution in [0.25, 0.3) is 0 Å². The second-order valence-corrected chi connectivity index (χ2v) is 2.77. The molecule has 15 heavy (non-hydrogen) atoms. The van der Waals surface area contributed by atoms with Crippen LogP contribution in [0.2, 0.25) is 0 Å². The maximum Gasteiger partial charge on any atom is 0.417 e. The molecule has 0 bridgehead atoms. The molecule has 0 aliphatic carbocycles. The van der Waals surface area contributed by atoms with Crippen molar-refractivity contribution in [3.05, 3.63) is 35.1 Å². The fourth-order valence-electron chi connectivity index (χ4n) is 1.08. The van der Waals surface area contributed by atoms with Gasteiger partial charge in [0.1, 0.15) is 5.82 Å². The van der Waals surface area contributed by atoms with Crippen molar-refractivity contribution in [2.45, 2.75) is 6.18 Å². The van der Waals surface area contributed by atoms with Gasteiger partial charge in [-0.15, -0.1) is 0 Å². The standard InChI is InChI=1S/C9H7F4NO/c1-14-8(15)6-3-2-5(10)4-7(6)9(11,12)13/h2-4H,1H3,(H,14,15). The largest absolute Gasteiger partial charge is 0.417 e. The number of carbonyl (C=O) groups excluding carboxylic acids is 1. The van der Waals surface area contributed by atoms with Crippen LogP contribution in [0.5, 0.6) is 0 Å². The third kappa shape index (κ3) is 2.45. The Morgan fingerprint density at radius 3 is 2.40 bits per heavy atom. The van der Waals surface area contributed by atoms with Crippen LogP contribution in [0.4, 0.5) is 17.6 Å². The maximum absolute atomic E-state index is 12.6. The van der Waals surface area contributed by atoms with Gasteiger partial charge in [-0.1, -0.05) is 0 Å². The summed E-state index contributed by atoms with van der Waals surface area (Å²) < 4.78 is 49.7. The Balaban J connectivity index is 3.33. The van der Waals surface area contributed by atoms with Crippen molar-refractivity contribution in [3.8, 4) is 0 Å². The zero-order valence-corrected chi connectivity index (χ0v) is 7.65. The third-order valence-corrected chi connectivity index (χ3v) is 1.76. The summed E-state index contributed by atoms with van der Waals surface area (Å²) in [6.45, 7) is 0. The van der Waals surface area contributed by atoms with Crippen molar-refractivity contribution < 1.29 is 22.4 Å². The molecule has 0 fully saturated rings. The van der Waals surface area contributed by atoms with Gasteiger partial charge in [0.25, 0.3) is 5.91 Å². The average molecular weight is 221 g/mol. The summed E-state index contributed by atoms with van der Waals surface area (Å²) in [6.07, 6.45) is -4.75. The molecule has 2 nitrogen and oxygen atoms in total. The summed E-state index contributed by atoms with van der Waals surface area (Å²) in [5, 5.41) is 2.05. The van der Waals surface area contributed by atoms with Crippen LogP contribution >= 0.6 is 0 Å². The van der Waals surface area contributed by atoms with E-state index in [-0.39, 0.29) is 0 Å². The number of rotatable bonds is 1. The Hall–Kier alpha value is -1.59. The summed E-state index contributed by atoms with van der Waals surface area (Å²) in [7, 11) is 1.20. The second-order valence-electron chi connectivity index (χ2n) is 2.77. The zero-order valence-electron chi connectivity index (χ0n) is 7.65. The van der Waals surface area contributed by atoms with Gasteiger partial charge in [-0.2, -0.15) is 13.2 Å². The minimum atomic E-state index is -4.75. The molecule has 0 spiro atoms. The molecule has 6 heteroatoms. The van der Waals surface area contributed by atoms with Gasteiger partial charge in [0.15, 0.2) is 0 Å². The first-order chi connectivity index (χ1) is 6.86. The number of alkyl halides is 3. The molecule has 0 aromatic heterocycles. The van der Waals surface area contributed by atoms with Crippen molar-refractivity contribution in [2.75, 3.05) is 7.05 Å². The molecule has 1 amide bonds. The van der Waals surface area contributed by atoms with E-state index in [0.717, 1.165) is 12.1 Å². The Morgan fingerprint density at radius 2 is 1.93 bits per heavy atom. The molecule has 0 atom stereocenters. The molecule has 0 saturated heterocycles. The van der Waals surface area contributed by atoms with Gasteiger partial charge in [0, 0.05) is 7.05 Å². The number of halogens is 4. The van der Waals surface area contributed by atoms with Crippen LogP contribution in [0.1, 0.15) is 15.9 Å². The van der Waals surface area contributed by atoms with Crippen molar-refractivity contribution in [1.82, 2.24) is 5.32 Å². The number of hydrogen-bond donors (Lipinski definition) is 1. The summed E-state index contributed by atoms with van der Waals surface area (Å²) in [5.41, 5.74) is -1.87. The lowest BCUT2D eigenvalue weighted by molar-refractivity contribution is -0.138. The Labute approximate surface area is 82.9 Å². The lowest BCUT2D eigenvalue weighted by Crippen LogP contribution is -2.22. The van der Waals surface area contributed by atoms with Gasteiger partial charge < -0.3 is 5.32 Å². The van der Waals surface area contributed by atoms with Crippen molar-refractivity contribution in [2.24, 2.45) is 0 Å². The van der Waals surface area contributed by atoms with Gasteiger partial charge in [-0.25, -0.2) is 4.39 Å². The number of amides is 1. The fourth-order valence-corrected chi connectivity index (χ4v) is 1.08. The highest BCUT2D eigenvalue weighted by Gasteiger charge is 2.35. The first kappa shape index (κ1) is 11.5. The Bertz CT molecular complexity index is 386. The van der Waals surface area contributed by atoms with E-state index < -0.39 is 29.0 Å². The van der Waals surface area contributed by atoms with Gasteiger partial charge in [-0.3, -0.25) is 4.79 Å². The molecular formula is C9H7F4NO. The first-order valence-electron chi connectivity index (χ1n) is 3.95. The van der Waals surface area contributed by atoms with E-state index in [1.54, 1.807) is 0 Å². The number of hydrogen-bond acceptors (Lipinski definition) is 1. The predicted molar refractivity (Wildman–Crippen MR) is 44.8 cm³/mol. The Kier molecular flexibility index (Phi) is 2.97. The second kappa shape index (κ2) is 3.88. The van der Waals surface area contributed by atoms with Gasteiger partial charge in [0.05, 0.1) is 11.1 Å². The molecular weight excluding hydrogens is 214 g/mol. The van der Waals surface area contributed by atoms with Crippen LogP contribution in [-0.4, -0.2) is 13.0 Å². The number of carbonyl (C=O) groups is 1. The molecule has 0 heterocycles. The third-order valence-electron chi connectivity index (χ3n) is 1.76. The monoisotopic (exact) mass is 221 g/mol. The topological polar surface area (TPSA) is 29.1 Å². The summed E-state index contributed by atoms with van der Waals surface area (Å²) in [4.78, 5) is 11.1. The highest BCUT2D eigenvalue weighted by Crippen LogP contribution is 2.32. The number of nitrogens with one attached hydrogen (secondary N) is 1. The van der Waals surface area contributed by atoms with E-state index in [2.05, 4.69) is 5.32 Å². The number of benzene rings is 1. The average Bonchev–Trinajstić information content (AvgIpc) is 2.15. The van der Waals surface area contributed by atoms with Crippen LogP contribution in [0, 0.1) is 5.82 Å². The molecule has 1 rings (SSSR count). The maximum atomic E-state index is 12.6. The highest BCUT2D eigenvalue weighted by molar-refractivity contribution is 5.95. The molecule has 0 saturated carbocycles. The van der Waals surface area contributed by atoms with E-state index in [1.165, 1.54) is 7.05 Å². The minimum Gasteiger partial charge on any atom is -0.355 e. The van der Waals surface area contributed by atoms with Crippen molar-refractivity contribution in [3.63, 3.8) is 0 Å². The Morgan fingerprint density at radius 1 is 1.33 bits per heavy atom. The molecule has 0 unspecified atom stereocenters. The van der Waals surface area contributed by atoms with E-state index in [9.17, 15) is 22.4 Å². The molecule has 0 aliphatic heterocycles. The minimum absolute atomic E-state index is 0.296. The lowest BCUT2D eigenvalue weighted by Gasteiger charge is -2.11. The van der Waals surface area contributed by atoms with Crippen LogP contribution in [0.15, 0.2) is 18.2 Å². The van der Waals surface area contributed by atoms with Gasteiger partial charge in [0.2, 0.25) is 0 Å². The predicted octanol–water partition coefficient (Wildman–Crippen LogP) is 2.20. The van der Waals surface area contributed by atoms with Gasteiger partial charge in [-0.05, 0) is 18.2 Å². The van der Waals surface area contributed by atoms with Crippen LogP contribution in [-0.2, 0) is 6.18 Å². The SMILES string of the molecule is CNC(=O)c1ccc(F)cc1C(F)(F)F. The van der Waals surface area contributed by atoms with Crippen LogP contribution < -0.4 is 5.32 Å². The summed E-state index contributed by atoms with van der Waals surface area (Å²) >= 11 is 0. The smallest absolute Gasteiger partial charge is 0.355 e. The first-order valence-corrected chi connectivity index (χ1v) is 3.95. The quantitative estimate of drug-likeness (QED) is 0.723. The summed E-state index contributed by atoms with van der Waals surface area (Å²) in [6, 6.07) is 1.90. The van der Waals surface area contributed by atoms with E-state index in [0.29, 0.717) is 6.07 Å². The van der Waals surface area contributed by atoms with Crippen molar-refractivity contribution in [1.29, 1.82) is 0 Å². The van der Waals surface area contributed by atoms with Gasteiger partial charge >= 0.3 is 6.18 Å². The molecule has 1 aromatic rings. The summed E-state index contributed by atoms with van der Waals surface area (Å²) in [5.74, 6) is -1.93. The molecule has 0 radical (unpaired) electrons. The van der Waals surface area contributed by atoms with Crippen LogP contribution in [0.3, 0.4) is 0 Å². The molecule has 1 aromatic carbocycles. The molecule has 0 aliphatic rings. The van der Waals surface area contributed by atoms with E-state index in [4.69, 9.17) is 0 Å².